The van der Waals surface area contributed by atoms with E-state index in [1.807, 2.05) is 0 Å². The molecule has 1 N–H and O–H groups in total. The van der Waals surface area contributed by atoms with Crippen molar-refractivity contribution in [2.45, 2.75) is 6.18 Å². The summed E-state index contributed by atoms with van der Waals surface area (Å²) in [4.78, 5) is 9.28. The number of carboxylic acid groups (broad SMARTS) is 1. The molecule has 13 heavy (non-hydrogen) atoms. The molecule has 0 saturated heterocycles. The minimum Gasteiger partial charge on any atom is -0.478 e. The lowest BCUT2D eigenvalue weighted by Crippen LogP contribution is -2.08. The molecule has 0 unspecified atom stereocenters. The summed E-state index contributed by atoms with van der Waals surface area (Å²) in [5.74, 6) is -1.57. The van der Waals surface area contributed by atoms with Gasteiger partial charge in [-0.25, -0.2) is 4.79 Å². The SMILES string of the molecule is O=C(O)c1cc(Br)sc1C(F)(F)F. The van der Waals surface area contributed by atoms with Crippen LogP contribution in [0.4, 0.5) is 13.2 Å². The summed E-state index contributed by atoms with van der Waals surface area (Å²) in [7, 11) is 0. The van der Waals surface area contributed by atoms with Crippen LogP contribution in [0, 0.1) is 0 Å². The minimum absolute atomic E-state index is 0.150. The Morgan fingerprint density at radius 3 is 2.38 bits per heavy atom. The maximum atomic E-state index is 12.1. The number of carbonyl (C=O) groups is 1. The average Bonchev–Trinajstić information content (AvgIpc) is 2.29. The second kappa shape index (κ2) is 3.30. The third-order valence-corrected chi connectivity index (χ3v) is 2.87. The molecule has 0 aromatic carbocycles. The molecule has 0 amide bonds. The van der Waals surface area contributed by atoms with Crippen molar-refractivity contribution in [3.63, 3.8) is 0 Å². The monoisotopic (exact) mass is 274 g/mol. The zero-order valence-electron chi connectivity index (χ0n) is 5.85. The standard InChI is InChI=1S/C6H2BrF3O2S/c7-3-1-2(5(11)12)4(13-3)6(8,9)10/h1H,(H,11,12). The van der Waals surface area contributed by atoms with Crippen LogP contribution in [-0.2, 0) is 6.18 Å². The maximum Gasteiger partial charge on any atom is 0.426 e. The van der Waals surface area contributed by atoms with Crippen molar-refractivity contribution >= 4 is 33.2 Å². The van der Waals surface area contributed by atoms with Gasteiger partial charge in [-0.1, -0.05) is 0 Å². The molecule has 0 aliphatic carbocycles. The molecular weight excluding hydrogens is 273 g/mol. The predicted molar refractivity (Wildman–Crippen MR) is 44.0 cm³/mol. The second-order valence-corrected chi connectivity index (χ2v) is 4.53. The van der Waals surface area contributed by atoms with Crippen molar-refractivity contribution in [3.8, 4) is 0 Å². The lowest BCUT2D eigenvalue weighted by Gasteiger charge is -2.03. The molecular formula is C6H2BrF3O2S. The van der Waals surface area contributed by atoms with Crippen molar-refractivity contribution in [2.75, 3.05) is 0 Å². The van der Waals surface area contributed by atoms with E-state index < -0.39 is 22.6 Å². The van der Waals surface area contributed by atoms with E-state index in [1.54, 1.807) is 0 Å². The van der Waals surface area contributed by atoms with E-state index >= 15 is 0 Å². The van der Waals surface area contributed by atoms with Gasteiger partial charge in [0.05, 0.1) is 9.35 Å². The highest BCUT2D eigenvalue weighted by Gasteiger charge is 2.37. The van der Waals surface area contributed by atoms with Gasteiger partial charge < -0.3 is 5.11 Å². The fourth-order valence-electron chi connectivity index (χ4n) is 0.730. The molecule has 7 heteroatoms. The maximum absolute atomic E-state index is 12.1. The number of hydrogen-bond donors (Lipinski definition) is 1. The number of rotatable bonds is 1. The Labute approximate surface area is 83.1 Å². The van der Waals surface area contributed by atoms with Gasteiger partial charge in [0.2, 0.25) is 0 Å². The summed E-state index contributed by atoms with van der Waals surface area (Å²) < 4.78 is 36.6. The number of hydrogen-bond acceptors (Lipinski definition) is 2. The van der Waals surface area contributed by atoms with Crippen molar-refractivity contribution in [2.24, 2.45) is 0 Å². The zero-order valence-corrected chi connectivity index (χ0v) is 8.26. The van der Waals surface area contributed by atoms with E-state index in [-0.39, 0.29) is 3.79 Å². The Kier molecular flexibility index (Phi) is 2.67. The molecule has 2 nitrogen and oxygen atoms in total. The molecule has 0 radical (unpaired) electrons. The van der Waals surface area contributed by atoms with Crippen LogP contribution in [-0.4, -0.2) is 11.1 Å². The first-order valence-electron chi connectivity index (χ1n) is 2.92. The van der Waals surface area contributed by atoms with Gasteiger partial charge in [-0.2, -0.15) is 13.2 Å². The summed E-state index contributed by atoms with van der Waals surface area (Å²) in [6.45, 7) is 0. The van der Waals surface area contributed by atoms with Crippen LogP contribution in [0.15, 0.2) is 9.85 Å². The fraction of sp³-hybridized carbons (Fsp3) is 0.167. The second-order valence-electron chi connectivity index (χ2n) is 2.10. The smallest absolute Gasteiger partial charge is 0.426 e. The van der Waals surface area contributed by atoms with Crippen LogP contribution in [0.3, 0.4) is 0 Å². The minimum atomic E-state index is -4.61. The molecule has 1 aromatic heterocycles. The highest BCUT2D eigenvalue weighted by molar-refractivity contribution is 9.11. The van der Waals surface area contributed by atoms with Crippen LogP contribution in [0.5, 0.6) is 0 Å². The summed E-state index contributed by atoms with van der Waals surface area (Å²) in [6.07, 6.45) is -4.61. The van der Waals surface area contributed by atoms with Gasteiger partial charge in [0.15, 0.2) is 0 Å². The molecule has 1 aromatic rings. The quantitative estimate of drug-likeness (QED) is 0.854. The predicted octanol–water partition coefficient (Wildman–Crippen LogP) is 3.23. The van der Waals surface area contributed by atoms with Gasteiger partial charge in [-0.15, -0.1) is 11.3 Å². The lowest BCUT2D eigenvalue weighted by atomic mass is 10.2. The van der Waals surface area contributed by atoms with Gasteiger partial charge in [0.25, 0.3) is 0 Å². The molecule has 0 fully saturated rings. The number of thiophene rings is 1. The van der Waals surface area contributed by atoms with Gasteiger partial charge >= 0.3 is 12.1 Å². The third kappa shape index (κ3) is 2.22. The molecule has 1 heterocycles. The van der Waals surface area contributed by atoms with E-state index in [1.165, 1.54) is 0 Å². The van der Waals surface area contributed by atoms with Crippen LogP contribution in [0.25, 0.3) is 0 Å². The van der Waals surface area contributed by atoms with E-state index in [4.69, 9.17) is 5.11 Å². The van der Waals surface area contributed by atoms with Gasteiger partial charge in [0, 0.05) is 0 Å². The summed E-state index contributed by atoms with van der Waals surface area (Å²) >= 11 is 3.16. The molecule has 0 bridgehead atoms. The fourth-order valence-corrected chi connectivity index (χ4v) is 2.19. The van der Waals surface area contributed by atoms with Crippen molar-refractivity contribution in [3.05, 3.63) is 20.3 Å². The highest BCUT2D eigenvalue weighted by Crippen LogP contribution is 2.39. The first kappa shape index (κ1) is 10.5. The number of aromatic carboxylic acids is 1. The average molecular weight is 275 g/mol. The molecule has 0 spiro atoms. The highest BCUT2D eigenvalue weighted by atomic mass is 79.9. The number of alkyl halides is 3. The van der Waals surface area contributed by atoms with Crippen LogP contribution in [0.2, 0.25) is 0 Å². The molecule has 0 atom stereocenters. The van der Waals surface area contributed by atoms with Crippen molar-refractivity contribution < 1.29 is 23.1 Å². The third-order valence-electron chi connectivity index (χ3n) is 1.19. The molecule has 0 aliphatic heterocycles. The largest absolute Gasteiger partial charge is 0.478 e. The first-order valence-corrected chi connectivity index (χ1v) is 4.53. The summed E-state index contributed by atoms with van der Waals surface area (Å²) in [5, 5.41) is 8.43. The summed E-state index contributed by atoms with van der Waals surface area (Å²) in [5.41, 5.74) is -0.718. The van der Waals surface area contributed by atoms with E-state index in [0.29, 0.717) is 11.3 Å². The number of halogens is 4. The lowest BCUT2D eigenvalue weighted by molar-refractivity contribution is -0.134. The van der Waals surface area contributed by atoms with E-state index in [2.05, 4.69) is 15.9 Å². The van der Waals surface area contributed by atoms with Gasteiger partial charge in [-0.3, -0.25) is 0 Å². The summed E-state index contributed by atoms with van der Waals surface area (Å²) in [6, 6.07) is 0.940. The molecule has 0 aliphatic rings. The Morgan fingerprint density at radius 1 is 1.54 bits per heavy atom. The molecule has 72 valence electrons. The zero-order chi connectivity index (χ0) is 10.2. The Balaban J connectivity index is 3.28. The Hall–Kier alpha value is -0.560. The molecule has 1 rings (SSSR count). The molecule has 0 saturated carbocycles. The van der Waals surface area contributed by atoms with Crippen molar-refractivity contribution in [1.82, 2.24) is 0 Å². The Bertz CT molecular complexity index is 344. The normalized spacial score (nSPS) is 11.7. The van der Waals surface area contributed by atoms with Crippen LogP contribution < -0.4 is 0 Å². The van der Waals surface area contributed by atoms with Gasteiger partial charge in [0.1, 0.15) is 4.88 Å². The first-order chi connectivity index (χ1) is 5.82. The van der Waals surface area contributed by atoms with E-state index in [0.717, 1.165) is 6.07 Å². The Morgan fingerprint density at radius 2 is 2.08 bits per heavy atom. The van der Waals surface area contributed by atoms with Gasteiger partial charge in [-0.05, 0) is 22.0 Å². The van der Waals surface area contributed by atoms with Crippen LogP contribution in [0.1, 0.15) is 15.2 Å². The number of carboxylic acids is 1. The van der Waals surface area contributed by atoms with Crippen molar-refractivity contribution in [1.29, 1.82) is 0 Å². The topological polar surface area (TPSA) is 37.3 Å². The van der Waals surface area contributed by atoms with E-state index in [9.17, 15) is 18.0 Å². The van der Waals surface area contributed by atoms with Crippen LogP contribution >= 0.6 is 27.3 Å².